The summed E-state index contributed by atoms with van der Waals surface area (Å²) in [5.41, 5.74) is -1.82. The van der Waals surface area contributed by atoms with Crippen molar-refractivity contribution in [2.75, 3.05) is 0 Å². The number of nitrogens with zero attached hydrogens (tertiary/aromatic N) is 2. The highest BCUT2D eigenvalue weighted by Gasteiger charge is 2.36. The molecule has 1 aliphatic rings. The van der Waals surface area contributed by atoms with Gasteiger partial charge in [-0.2, -0.15) is 5.26 Å². The number of benzene rings is 1. The number of allylic oxidation sites excluding steroid dienone is 2. The Morgan fingerprint density at radius 2 is 1.58 bits per heavy atom. The maximum Gasteiger partial charge on any atom is 0.193 e. The number of rotatable bonds is 3. The first-order chi connectivity index (χ1) is 12.4. The highest BCUT2D eigenvalue weighted by atomic mass is 19.1. The molecule has 1 aromatic heterocycles. The molecule has 0 bridgehead atoms. The zero-order valence-corrected chi connectivity index (χ0v) is 13.6. The molecule has 0 unspecified atom stereocenters. The van der Waals surface area contributed by atoms with Gasteiger partial charge in [0, 0.05) is 23.8 Å². The Bertz CT molecular complexity index is 1040. The predicted octanol–water partition coefficient (Wildman–Crippen LogP) is 3.70. The number of halogens is 3. The molecule has 0 fully saturated rings. The van der Waals surface area contributed by atoms with E-state index in [-0.39, 0.29) is 29.6 Å². The molecule has 0 saturated heterocycles. The Morgan fingerprint density at radius 3 is 2.12 bits per heavy atom. The van der Waals surface area contributed by atoms with Crippen LogP contribution in [-0.2, 0) is 6.42 Å². The minimum Gasteiger partial charge on any atom is -0.289 e. The van der Waals surface area contributed by atoms with Crippen LogP contribution in [-0.4, -0.2) is 16.6 Å². The number of pyridine rings is 1. The number of ketones is 2. The van der Waals surface area contributed by atoms with Gasteiger partial charge in [0.05, 0.1) is 11.1 Å². The Balaban J connectivity index is 2.18. The average molecular weight is 356 g/mol. The Kier molecular flexibility index (Phi) is 4.43. The first kappa shape index (κ1) is 17.5. The molecule has 1 aromatic carbocycles. The second-order valence-electron chi connectivity index (χ2n) is 5.67. The molecule has 0 atom stereocenters. The number of hydrogen-bond acceptors (Lipinski definition) is 4. The van der Waals surface area contributed by atoms with Crippen LogP contribution in [0, 0.1) is 28.8 Å². The van der Waals surface area contributed by atoms with Crippen LogP contribution in [0.15, 0.2) is 35.5 Å². The Labute approximate surface area is 146 Å². The van der Waals surface area contributed by atoms with Crippen molar-refractivity contribution < 1.29 is 22.8 Å². The lowest BCUT2D eigenvalue weighted by molar-refractivity contribution is 0.0963. The fourth-order valence-electron chi connectivity index (χ4n) is 3.02. The van der Waals surface area contributed by atoms with Crippen LogP contribution in [0.3, 0.4) is 0 Å². The lowest BCUT2D eigenvalue weighted by atomic mass is 9.80. The van der Waals surface area contributed by atoms with E-state index in [1.165, 1.54) is 12.3 Å². The van der Waals surface area contributed by atoms with Crippen LogP contribution < -0.4 is 0 Å². The van der Waals surface area contributed by atoms with Gasteiger partial charge in [-0.15, -0.1) is 0 Å². The number of fused-ring (bicyclic) bond motifs is 1. The van der Waals surface area contributed by atoms with Gasteiger partial charge in [0.25, 0.3) is 0 Å². The smallest absolute Gasteiger partial charge is 0.193 e. The van der Waals surface area contributed by atoms with Crippen LogP contribution in [0.2, 0.25) is 0 Å². The fourth-order valence-corrected chi connectivity index (χ4v) is 3.02. The van der Waals surface area contributed by atoms with E-state index in [4.69, 9.17) is 5.26 Å². The standard InChI is InChI=1S/C19H11F3N2O2/c1-2-10-11(7-9-5-6-24-14(8-23)17(9)22)19(26)16-13(21)4-3-12(20)15(16)18(10)25/h3-6H,2,7H2,1H3. The number of Topliss-reactive ketones (excluding diaryl/α,β-unsaturated/α-hetero) is 2. The highest BCUT2D eigenvalue weighted by molar-refractivity contribution is 6.27. The van der Waals surface area contributed by atoms with Crippen molar-refractivity contribution >= 4 is 11.6 Å². The van der Waals surface area contributed by atoms with E-state index >= 15 is 0 Å². The monoisotopic (exact) mass is 356 g/mol. The lowest BCUT2D eigenvalue weighted by Gasteiger charge is -2.21. The van der Waals surface area contributed by atoms with Gasteiger partial charge in [-0.1, -0.05) is 6.92 Å². The summed E-state index contributed by atoms with van der Waals surface area (Å²) in [6.07, 6.45) is 0.964. The van der Waals surface area contributed by atoms with Gasteiger partial charge in [0.15, 0.2) is 23.1 Å². The van der Waals surface area contributed by atoms with E-state index in [0.29, 0.717) is 0 Å². The van der Waals surface area contributed by atoms with Crippen molar-refractivity contribution in [3.05, 3.63) is 75.4 Å². The van der Waals surface area contributed by atoms with Gasteiger partial charge in [-0.05, 0) is 30.2 Å². The highest BCUT2D eigenvalue weighted by Crippen LogP contribution is 2.33. The van der Waals surface area contributed by atoms with E-state index in [2.05, 4.69) is 4.98 Å². The predicted molar refractivity (Wildman–Crippen MR) is 85.0 cm³/mol. The topological polar surface area (TPSA) is 70.8 Å². The average Bonchev–Trinajstić information content (AvgIpc) is 2.63. The molecule has 7 heteroatoms. The van der Waals surface area contributed by atoms with Crippen molar-refractivity contribution in [2.24, 2.45) is 0 Å². The van der Waals surface area contributed by atoms with Crippen molar-refractivity contribution in [2.45, 2.75) is 19.8 Å². The summed E-state index contributed by atoms with van der Waals surface area (Å²) in [6.45, 7) is 1.59. The van der Waals surface area contributed by atoms with E-state index in [0.717, 1.165) is 12.1 Å². The number of aromatic nitrogens is 1. The summed E-state index contributed by atoms with van der Waals surface area (Å²) < 4.78 is 42.4. The summed E-state index contributed by atoms with van der Waals surface area (Å²) in [4.78, 5) is 28.9. The van der Waals surface area contributed by atoms with Crippen LogP contribution in [0.4, 0.5) is 13.2 Å². The SMILES string of the molecule is CCC1=C(Cc2ccnc(C#N)c2F)C(=O)c2c(F)ccc(F)c2C1=O. The largest absolute Gasteiger partial charge is 0.289 e. The van der Waals surface area contributed by atoms with E-state index in [1.54, 1.807) is 13.0 Å². The molecular weight excluding hydrogens is 345 g/mol. The van der Waals surface area contributed by atoms with E-state index in [1.807, 2.05) is 0 Å². The molecule has 0 spiro atoms. The molecule has 26 heavy (non-hydrogen) atoms. The van der Waals surface area contributed by atoms with Gasteiger partial charge >= 0.3 is 0 Å². The van der Waals surface area contributed by atoms with Crippen LogP contribution >= 0.6 is 0 Å². The summed E-state index contributed by atoms with van der Waals surface area (Å²) in [7, 11) is 0. The second-order valence-corrected chi connectivity index (χ2v) is 5.67. The molecule has 0 aliphatic heterocycles. The third-order valence-corrected chi connectivity index (χ3v) is 4.27. The zero-order chi connectivity index (χ0) is 19.0. The second kappa shape index (κ2) is 6.56. The zero-order valence-electron chi connectivity index (χ0n) is 13.6. The molecule has 1 aliphatic carbocycles. The molecule has 130 valence electrons. The molecule has 4 nitrogen and oxygen atoms in total. The van der Waals surface area contributed by atoms with Crippen molar-refractivity contribution in [1.82, 2.24) is 4.98 Å². The van der Waals surface area contributed by atoms with E-state index < -0.39 is 45.8 Å². The summed E-state index contributed by atoms with van der Waals surface area (Å²) in [5, 5.41) is 8.86. The molecule has 0 amide bonds. The van der Waals surface area contributed by atoms with Crippen LogP contribution in [0.5, 0.6) is 0 Å². The number of hydrogen-bond donors (Lipinski definition) is 0. The molecule has 0 N–H and O–H groups in total. The Morgan fingerprint density at radius 1 is 1.00 bits per heavy atom. The van der Waals surface area contributed by atoms with Gasteiger partial charge in [0.1, 0.15) is 17.7 Å². The first-order valence-electron chi connectivity index (χ1n) is 7.73. The molecule has 3 rings (SSSR count). The Hall–Kier alpha value is -3.27. The first-order valence-corrected chi connectivity index (χ1v) is 7.73. The lowest BCUT2D eigenvalue weighted by Crippen LogP contribution is -2.26. The van der Waals surface area contributed by atoms with Crippen LogP contribution in [0.25, 0.3) is 0 Å². The maximum atomic E-state index is 14.3. The maximum absolute atomic E-state index is 14.3. The quantitative estimate of drug-likeness (QED) is 0.841. The van der Waals surface area contributed by atoms with Crippen molar-refractivity contribution in [1.29, 1.82) is 5.26 Å². The molecule has 0 radical (unpaired) electrons. The van der Waals surface area contributed by atoms with Crippen molar-refractivity contribution in [3.63, 3.8) is 0 Å². The van der Waals surface area contributed by atoms with Gasteiger partial charge in [0.2, 0.25) is 0 Å². The van der Waals surface area contributed by atoms with Gasteiger partial charge in [-0.25, -0.2) is 18.2 Å². The fraction of sp³-hybridized carbons (Fsp3) is 0.158. The van der Waals surface area contributed by atoms with Gasteiger partial charge < -0.3 is 0 Å². The molecular formula is C19H11F3N2O2. The van der Waals surface area contributed by atoms with Crippen LogP contribution in [0.1, 0.15) is 45.3 Å². The third kappa shape index (κ3) is 2.60. The molecule has 0 saturated carbocycles. The summed E-state index contributed by atoms with van der Waals surface area (Å²) in [5.74, 6) is -4.55. The minimum absolute atomic E-state index is 0.00159. The summed E-state index contributed by atoms with van der Waals surface area (Å²) >= 11 is 0. The minimum atomic E-state index is -1.01. The number of nitriles is 1. The molecule has 1 heterocycles. The van der Waals surface area contributed by atoms with E-state index in [9.17, 15) is 22.8 Å². The van der Waals surface area contributed by atoms with Crippen molar-refractivity contribution in [3.8, 4) is 6.07 Å². The number of carbonyl (C=O) groups is 2. The molecule has 2 aromatic rings. The number of carbonyl (C=O) groups excluding carboxylic acids is 2. The third-order valence-electron chi connectivity index (χ3n) is 4.27. The normalized spacial score (nSPS) is 13.7. The van der Waals surface area contributed by atoms with Gasteiger partial charge in [-0.3, -0.25) is 9.59 Å². The summed E-state index contributed by atoms with van der Waals surface area (Å²) in [6, 6.07) is 4.42.